The zero-order valence-electron chi connectivity index (χ0n) is 22.0. The summed E-state index contributed by atoms with van der Waals surface area (Å²) in [4.78, 5) is 44.9. The lowest BCUT2D eigenvalue weighted by molar-refractivity contribution is 0.0934. The van der Waals surface area contributed by atoms with E-state index in [1.807, 2.05) is 20.0 Å². The molecular formula is C29H36BN5O3. The van der Waals surface area contributed by atoms with Gasteiger partial charge < -0.3 is 21.3 Å². The van der Waals surface area contributed by atoms with Crippen LogP contribution in [-0.2, 0) is 0 Å². The van der Waals surface area contributed by atoms with Crippen molar-refractivity contribution in [1.29, 1.82) is 0 Å². The first-order valence-corrected chi connectivity index (χ1v) is 14.2. The molecule has 38 heavy (non-hydrogen) atoms. The first-order chi connectivity index (χ1) is 18.4. The molecule has 3 atom stereocenters. The standard InChI is InChI=1S/C29H36BN5O3/c30-23-13-22(28(31)37)24(33-19-4-1-5-19)14-21(23)29(38)34-20-11-17-3-2-10-35(25(17)12-20)26-9-8-18(15-32-26)27(36)16-6-7-16/h8-9,13-17,19-20,25,33H,1-7,10-12,30H2,(H2,31,37)(H,34,38). The Morgan fingerprint density at radius 3 is 2.45 bits per heavy atom. The molecule has 4 fully saturated rings. The molecule has 4 N–H and O–H groups in total. The van der Waals surface area contributed by atoms with Crippen LogP contribution in [0.15, 0.2) is 30.5 Å². The molecule has 2 amide bonds. The van der Waals surface area contributed by atoms with Crippen LogP contribution in [0.3, 0.4) is 0 Å². The van der Waals surface area contributed by atoms with E-state index in [9.17, 15) is 14.4 Å². The number of aromatic nitrogens is 1. The molecule has 198 valence electrons. The maximum absolute atomic E-state index is 13.4. The SMILES string of the molecule is Bc1cc(C(N)=O)c(NC2CCC2)cc1C(=O)NC1CC2CCCN(c3ccc(C(=O)C4CC4)cn3)C2C1. The molecule has 1 saturated heterocycles. The van der Waals surface area contributed by atoms with Crippen LogP contribution >= 0.6 is 0 Å². The Morgan fingerprint density at radius 1 is 0.974 bits per heavy atom. The van der Waals surface area contributed by atoms with Gasteiger partial charge in [-0.05, 0) is 81.9 Å². The lowest BCUT2D eigenvalue weighted by atomic mass is 9.86. The van der Waals surface area contributed by atoms with Crippen LogP contribution in [0.4, 0.5) is 11.5 Å². The maximum atomic E-state index is 13.4. The smallest absolute Gasteiger partial charge is 0.250 e. The molecule has 3 aliphatic carbocycles. The molecule has 4 aliphatic rings. The summed E-state index contributed by atoms with van der Waals surface area (Å²) in [6, 6.07) is 8.17. The van der Waals surface area contributed by atoms with Gasteiger partial charge >= 0.3 is 0 Å². The second-order valence-electron chi connectivity index (χ2n) is 11.7. The number of rotatable bonds is 8. The summed E-state index contributed by atoms with van der Waals surface area (Å²) in [6.45, 7) is 0.939. The van der Waals surface area contributed by atoms with Crippen molar-refractivity contribution in [1.82, 2.24) is 10.3 Å². The Morgan fingerprint density at radius 2 is 1.79 bits per heavy atom. The summed E-state index contributed by atoms with van der Waals surface area (Å²) in [5, 5.41) is 6.70. The number of pyridine rings is 1. The number of carbonyl (C=O) groups is 3. The lowest BCUT2D eigenvalue weighted by Crippen LogP contribution is -2.43. The topological polar surface area (TPSA) is 117 Å². The van der Waals surface area contributed by atoms with Gasteiger partial charge in [0, 0.05) is 53.6 Å². The zero-order chi connectivity index (χ0) is 26.4. The third kappa shape index (κ3) is 4.90. The van der Waals surface area contributed by atoms with Crippen molar-refractivity contribution in [3.63, 3.8) is 0 Å². The molecule has 8 nitrogen and oxygen atoms in total. The number of nitrogens with two attached hydrogens (primary N) is 1. The molecule has 0 spiro atoms. The Balaban J connectivity index is 1.15. The van der Waals surface area contributed by atoms with Crippen LogP contribution in [0, 0.1) is 11.8 Å². The largest absolute Gasteiger partial charge is 0.382 e. The number of amides is 2. The molecule has 1 aromatic carbocycles. The van der Waals surface area contributed by atoms with Gasteiger partial charge in [-0.15, -0.1) is 0 Å². The Labute approximate surface area is 224 Å². The van der Waals surface area contributed by atoms with E-state index in [1.54, 1.807) is 18.3 Å². The lowest BCUT2D eigenvalue weighted by Gasteiger charge is -2.38. The van der Waals surface area contributed by atoms with Gasteiger partial charge in [-0.25, -0.2) is 4.98 Å². The van der Waals surface area contributed by atoms with Gasteiger partial charge in [0.25, 0.3) is 11.8 Å². The molecule has 3 saturated carbocycles. The predicted octanol–water partition coefficient (Wildman–Crippen LogP) is 2.17. The number of benzene rings is 1. The van der Waals surface area contributed by atoms with Crippen LogP contribution in [0.1, 0.15) is 88.9 Å². The van der Waals surface area contributed by atoms with Crippen LogP contribution in [0.25, 0.3) is 0 Å². The van der Waals surface area contributed by atoms with Crippen LogP contribution in [0.5, 0.6) is 0 Å². The van der Waals surface area contributed by atoms with Gasteiger partial charge in [0.1, 0.15) is 13.7 Å². The monoisotopic (exact) mass is 513 g/mol. The predicted molar refractivity (Wildman–Crippen MR) is 150 cm³/mol. The summed E-state index contributed by atoms with van der Waals surface area (Å²) in [5.74, 6) is 1.24. The average molecular weight is 513 g/mol. The van der Waals surface area contributed by atoms with Gasteiger partial charge in [-0.1, -0.05) is 11.5 Å². The first-order valence-electron chi connectivity index (χ1n) is 14.2. The quantitative estimate of drug-likeness (QED) is 0.368. The van der Waals surface area contributed by atoms with E-state index in [2.05, 4.69) is 20.5 Å². The number of carbonyl (C=O) groups excluding carboxylic acids is 3. The summed E-state index contributed by atoms with van der Waals surface area (Å²) in [7, 11) is 1.86. The molecule has 2 aromatic rings. The number of ketones is 1. The summed E-state index contributed by atoms with van der Waals surface area (Å²) in [6.07, 6.45) is 11.1. The molecular weight excluding hydrogens is 477 g/mol. The van der Waals surface area contributed by atoms with Crippen molar-refractivity contribution in [3.05, 3.63) is 47.2 Å². The second kappa shape index (κ2) is 10.1. The van der Waals surface area contributed by atoms with Crippen molar-refractivity contribution < 1.29 is 14.4 Å². The van der Waals surface area contributed by atoms with Crippen LogP contribution < -0.4 is 26.7 Å². The minimum absolute atomic E-state index is 0.0760. The molecule has 1 aliphatic heterocycles. The fraction of sp³-hybridized carbons (Fsp3) is 0.517. The number of nitrogens with one attached hydrogen (secondary N) is 2. The Bertz CT molecular complexity index is 1260. The van der Waals surface area contributed by atoms with Crippen molar-refractivity contribution >= 4 is 42.4 Å². The fourth-order valence-corrected chi connectivity index (χ4v) is 6.48. The number of piperidine rings is 1. The molecule has 2 heterocycles. The van der Waals surface area contributed by atoms with Crippen molar-refractivity contribution in [2.24, 2.45) is 17.6 Å². The first kappa shape index (κ1) is 25.0. The number of fused-ring (bicyclic) bond motifs is 1. The average Bonchev–Trinajstić information content (AvgIpc) is 3.65. The zero-order valence-corrected chi connectivity index (χ0v) is 22.0. The Hall–Kier alpha value is -3.36. The number of primary amides is 1. The molecule has 9 heteroatoms. The minimum Gasteiger partial charge on any atom is -0.382 e. The van der Waals surface area contributed by atoms with Crippen LogP contribution in [0.2, 0.25) is 0 Å². The van der Waals surface area contributed by atoms with Gasteiger partial charge in [-0.2, -0.15) is 0 Å². The van der Waals surface area contributed by atoms with Crippen molar-refractivity contribution in [2.75, 3.05) is 16.8 Å². The van der Waals surface area contributed by atoms with Gasteiger partial charge in [0.2, 0.25) is 0 Å². The highest BCUT2D eigenvalue weighted by Crippen LogP contribution is 2.39. The maximum Gasteiger partial charge on any atom is 0.250 e. The fourth-order valence-electron chi connectivity index (χ4n) is 6.48. The Kier molecular flexibility index (Phi) is 6.62. The van der Waals surface area contributed by atoms with E-state index >= 15 is 0 Å². The van der Waals surface area contributed by atoms with E-state index in [-0.39, 0.29) is 23.7 Å². The highest BCUT2D eigenvalue weighted by molar-refractivity contribution is 6.37. The van der Waals surface area contributed by atoms with E-state index in [4.69, 9.17) is 5.73 Å². The minimum atomic E-state index is -0.486. The third-order valence-corrected chi connectivity index (χ3v) is 8.98. The van der Waals surface area contributed by atoms with E-state index < -0.39 is 5.91 Å². The van der Waals surface area contributed by atoms with E-state index in [0.29, 0.717) is 40.4 Å². The van der Waals surface area contributed by atoms with Gasteiger partial charge in [-0.3, -0.25) is 14.4 Å². The highest BCUT2D eigenvalue weighted by atomic mass is 16.2. The van der Waals surface area contributed by atoms with E-state index in [0.717, 1.165) is 69.2 Å². The number of Topliss-reactive ketones (excluding diaryl/α,β-unsaturated/α-hetero) is 1. The molecule has 0 radical (unpaired) electrons. The van der Waals surface area contributed by atoms with Crippen LogP contribution in [-0.4, -0.2) is 55.1 Å². The third-order valence-electron chi connectivity index (χ3n) is 8.98. The molecule has 6 rings (SSSR count). The van der Waals surface area contributed by atoms with Crippen molar-refractivity contribution in [3.8, 4) is 0 Å². The summed E-state index contributed by atoms with van der Waals surface area (Å²) >= 11 is 0. The number of hydrogen-bond acceptors (Lipinski definition) is 6. The second-order valence-corrected chi connectivity index (χ2v) is 11.7. The van der Waals surface area contributed by atoms with Gasteiger partial charge in [0.05, 0.1) is 5.56 Å². The number of hydrogen-bond donors (Lipinski definition) is 3. The number of anilines is 2. The normalized spacial score (nSPS) is 24.8. The summed E-state index contributed by atoms with van der Waals surface area (Å²) in [5.41, 5.74) is 8.77. The molecule has 0 bridgehead atoms. The molecule has 1 aromatic heterocycles. The van der Waals surface area contributed by atoms with Crippen molar-refractivity contribution in [2.45, 2.75) is 75.9 Å². The highest BCUT2D eigenvalue weighted by Gasteiger charge is 2.41. The van der Waals surface area contributed by atoms with Gasteiger partial charge in [0.15, 0.2) is 5.78 Å². The summed E-state index contributed by atoms with van der Waals surface area (Å²) < 4.78 is 0. The molecule has 3 unspecified atom stereocenters. The number of nitrogens with zero attached hydrogens (tertiary/aromatic N) is 2. The van der Waals surface area contributed by atoms with E-state index in [1.165, 1.54) is 6.42 Å².